The second-order valence-corrected chi connectivity index (χ2v) is 7.00. The fraction of sp³-hybridized carbons (Fsp3) is 0.538. The van der Waals surface area contributed by atoms with Gasteiger partial charge in [0.25, 0.3) is 0 Å². The van der Waals surface area contributed by atoms with Crippen LogP contribution in [-0.4, -0.2) is 35.5 Å². The molecule has 1 fully saturated rings. The molecular formula is C13H18BrFN2S. The van der Waals surface area contributed by atoms with E-state index in [1.165, 1.54) is 0 Å². The monoisotopic (exact) mass is 332 g/mol. The zero-order valence-electron chi connectivity index (χ0n) is 10.4. The van der Waals surface area contributed by atoms with E-state index >= 15 is 0 Å². The number of halogens is 2. The Morgan fingerprint density at radius 3 is 3.00 bits per heavy atom. The SMILES string of the molecule is CC1CN(C(CN)c2ccc(Br)c(F)c2)CCS1. The second-order valence-electron chi connectivity index (χ2n) is 4.60. The molecule has 1 aliphatic rings. The molecule has 1 aromatic carbocycles. The number of thioether (sulfide) groups is 1. The van der Waals surface area contributed by atoms with Gasteiger partial charge in [0.05, 0.1) is 4.47 Å². The number of nitrogens with zero attached hydrogens (tertiary/aromatic N) is 1. The van der Waals surface area contributed by atoms with Crippen LogP contribution in [0.4, 0.5) is 4.39 Å². The van der Waals surface area contributed by atoms with Crippen molar-refractivity contribution in [3.05, 3.63) is 34.1 Å². The Labute approximate surface area is 120 Å². The third-order valence-corrected chi connectivity index (χ3v) is 5.04. The Morgan fingerprint density at radius 1 is 1.61 bits per heavy atom. The minimum Gasteiger partial charge on any atom is -0.329 e. The van der Waals surface area contributed by atoms with Gasteiger partial charge in [-0.3, -0.25) is 4.90 Å². The molecule has 0 aromatic heterocycles. The van der Waals surface area contributed by atoms with Crippen molar-refractivity contribution in [2.45, 2.75) is 18.2 Å². The quantitative estimate of drug-likeness (QED) is 0.922. The van der Waals surface area contributed by atoms with Crippen LogP contribution in [0, 0.1) is 5.82 Å². The molecule has 2 N–H and O–H groups in total. The highest BCUT2D eigenvalue weighted by molar-refractivity contribution is 9.10. The Kier molecular flexibility index (Phi) is 5.06. The van der Waals surface area contributed by atoms with Crippen LogP contribution in [-0.2, 0) is 0 Å². The van der Waals surface area contributed by atoms with Gasteiger partial charge in [0.15, 0.2) is 0 Å². The first-order valence-electron chi connectivity index (χ1n) is 6.12. The smallest absolute Gasteiger partial charge is 0.137 e. The van der Waals surface area contributed by atoms with Crippen LogP contribution < -0.4 is 5.73 Å². The molecule has 2 unspecified atom stereocenters. The van der Waals surface area contributed by atoms with Crippen LogP contribution in [0.5, 0.6) is 0 Å². The van der Waals surface area contributed by atoms with Crippen LogP contribution in [0.1, 0.15) is 18.5 Å². The lowest BCUT2D eigenvalue weighted by Gasteiger charge is -2.36. The number of hydrogen-bond donors (Lipinski definition) is 1. The molecule has 0 saturated carbocycles. The van der Waals surface area contributed by atoms with Gasteiger partial charge in [-0.1, -0.05) is 13.0 Å². The van der Waals surface area contributed by atoms with Gasteiger partial charge in [0.1, 0.15) is 5.82 Å². The highest BCUT2D eigenvalue weighted by Gasteiger charge is 2.24. The predicted octanol–water partition coefficient (Wildman–Crippen LogP) is 3.03. The van der Waals surface area contributed by atoms with Crippen LogP contribution in [0.2, 0.25) is 0 Å². The maximum atomic E-state index is 13.6. The van der Waals surface area contributed by atoms with E-state index in [1.807, 2.05) is 17.8 Å². The molecule has 0 aliphatic carbocycles. The number of hydrogen-bond acceptors (Lipinski definition) is 3. The average molecular weight is 333 g/mol. The van der Waals surface area contributed by atoms with Crippen molar-refractivity contribution in [1.82, 2.24) is 4.90 Å². The first-order valence-corrected chi connectivity index (χ1v) is 7.96. The molecule has 2 rings (SSSR count). The Balaban J connectivity index is 2.18. The number of nitrogens with two attached hydrogens (primary N) is 1. The second kappa shape index (κ2) is 6.37. The molecule has 5 heteroatoms. The van der Waals surface area contributed by atoms with E-state index in [2.05, 4.69) is 27.8 Å². The van der Waals surface area contributed by atoms with Crippen molar-refractivity contribution in [3.63, 3.8) is 0 Å². The average Bonchev–Trinajstić information content (AvgIpc) is 2.35. The van der Waals surface area contributed by atoms with Crippen molar-refractivity contribution in [3.8, 4) is 0 Å². The molecule has 1 saturated heterocycles. The van der Waals surface area contributed by atoms with Gasteiger partial charge >= 0.3 is 0 Å². The maximum absolute atomic E-state index is 13.6. The van der Waals surface area contributed by atoms with Gasteiger partial charge in [-0.05, 0) is 33.6 Å². The zero-order valence-corrected chi connectivity index (χ0v) is 12.8. The Hall–Kier alpha value is -0.100. The maximum Gasteiger partial charge on any atom is 0.137 e. The van der Waals surface area contributed by atoms with Crippen molar-refractivity contribution in [1.29, 1.82) is 0 Å². The molecule has 1 aromatic rings. The van der Waals surface area contributed by atoms with Crippen LogP contribution in [0.25, 0.3) is 0 Å². The van der Waals surface area contributed by atoms with Crippen molar-refractivity contribution < 1.29 is 4.39 Å². The molecule has 18 heavy (non-hydrogen) atoms. The molecular weight excluding hydrogens is 315 g/mol. The van der Waals surface area contributed by atoms with Crippen molar-refractivity contribution in [2.24, 2.45) is 5.73 Å². The summed E-state index contributed by atoms with van der Waals surface area (Å²) >= 11 is 5.17. The largest absolute Gasteiger partial charge is 0.329 e. The molecule has 0 amide bonds. The minimum absolute atomic E-state index is 0.121. The normalized spacial score (nSPS) is 23.0. The Bertz CT molecular complexity index is 416. The van der Waals surface area contributed by atoms with E-state index in [9.17, 15) is 4.39 Å². The van der Waals surface area contributed by atoms with Gasteiger partial charge in [-0.2, -0.15) is 11.8 Å². The summed E-state index contributed by atoms with van der Waals surface area (Å²) in [5.74, 6) is 0.904. The summed E-state index contributed by atoms with van der Waals surface area (Å²) in [6, 6.07) is 5.43. The van der Waals surface area contributed by atoms with E-state index in [0.717, 1.165) is 24.4 Å². The molecule has 0 radical (unpaired) electrons. The summed E-state index contributed by atoms with van der Waals surface area (Å²) in [5, 5.41) is 0.619. The fourth-order valence-electron chi connectivity index (χ4n) is 2.34. The Morgan fingerprint density at radius 2 is 2.39 bits per heavy atom. The molecule has 1 aliphatic heterocycles. The van der Waals surface area contributed by atoms with E-state index in [0.29, 0.717) is 16.3 Å². The first kappa shape index (κ1) is 14.3. The molecule has 0 bridgehead atoms. The summed E-state index contributed by atoms with van der Waals surface area (Å²) in [6.45, 7) is 4.80. The lowest BCUT2D eigenvalue weighted by Crippen LogP contribution is -2.42. The van der Waals surface area contributed by atoms with Crippen molar-refractivity contribution in [2.75, 3.05) is 25.4 Å². The van der Waals surface area contributed by atoms with Crippen LogP contribution in [0.15, 0.2) is 22.7 Å². The molecule has 0 spiro atoms. The highest BCUT2D eigenvalue weighted by Crippen LogP contribution is 2.28. The summed E-state index contributed by atoms with van der Waals surface area (Å²) in [4.78, 5) is 2.36. The lowest BCUT2D eigenvalue weighted by molar-refractivity contribution is 0.211. The minimum atomic E-state index is -0.217. The van der Waals surface area contributed by atoms with Crippen LogP contribution in [0.3, 0.4) is 0 Å². The van der Waals surface area contributed by atoms with Crippen molar-refractivity contribution >= 4 is 27.7 Å². The molecule has 100 valence electrons. The summed E-state index contributed by atoms with van der Waals surface area (Å²) in [6.07, 6.45) is 0. The summed E-state index contributed by atoms with van der Waals surface area (Å²) < 4.78 is 14.1. The fourth-order valence-corrected chi connectivity index (χ4v) is 3.63. The lowest BCUT2D eigenvalue weighted by atomic mass is 10.0. The van der Waals surface area contributed by atoms with E-state index in [4.69, 9.17) is 5.73 Å². The van der Waals surface area contributed by atoms with Gasteiger partial charge in [0, 0.05) is 36.7 Å². The molecule has 2 nitrogen and oxygen atoms in total. The van der Waals surface area contributed by atoms with E-state index in [-0.39, 0.29) is 11.9 Å². The summed E-state index contributed by atoms with van der Waals surface area (Å²) in [7, 11) is 0. The van der Waals surface area contributed by atoms with Gasteiger partial charge < -0.3 is 5.73 Å². The zero-order chi connectivity index (χ0) is 13.1. The standard InChI is InChI=1S/C13H18BrFN2S/c1-9-8-17(4-5-18-9)13(7-16)10-2-3-11(14)12(15)6-10/h2-3,6,9,13H,4-5,7-8,16H2,1H3. The van der Waals surface area contributed by atoms with Gasteiger partial charge in [-0.15, -0.1) is 0 Å². The topological polar surface area (TPSA) is 29.3 Å². The van der Waals surface area contributed by atoms with Gasteiger partial charge in [0.2, 0.25) is 0 Å². The third kappa shape index (κ3) is 3.26. The first-order chi connectivity index (χ1) is 8.61. The van der Waals surface area contributed by atoms with E-state index in [1.54, 1.807) is 12.1 Å². The number of benzene rings is 1. The predicted molar refractivity (Wildman–Crippen MR) is 79.4 cm³/mol. The van der Waals surface area contributed by atoms with E-state index < -0.39 is 0 Å². The summed E-state index contributed by atoms with van der Waals surface area (Å²) in [5.41, 5.74) is 6.86. The molecule has 2 atom stereocenters. The van der Waals surface area contributed by atoms with Crippen LogP contribution >= 0.6 is 27.7 Å². The molecule has 1 heterocycles. The van der Waals surface area contributed by atoms with Gasteiger partial charge in [-0.25, -0.2) is 4.39 Å². The third-order valence-electron chi connectivity index (χ3n) is 3.26. The highest BCUT2D eigenvalue weighted by atomic mass is 79.9. The number of rotatable bonds is 3.